The normalized spacial score (nSPS) is 18.5. The average Bonchev–Trinajstić information content (AvgIpc) is 2.86. The first-order valence-corrected chi connectivity index (χ1v) is 14.2. The lowest BCUT2D eigenvalue weighted by Crippen LogP contribution is -2.26. The first kappa shape index (κ1) is 24.3. The summed E-state index contributed by atoms with van der Waals surface area (Å²) in [7, 11) is 0. The Labute approximate surface area is 206 Å². The van der Waals surface area contributed by atoms with Crippen LogP contribution in [0.25, 0.3) is 0 Å². The highest BCUT2D eigenvalue weighted by Gasteiger charge is 2.30. The van der Waals surface area contributed by atoms with Gasteiger partial charge in [-0.25, -0.2) is 0 Å². The van der Waals surface area contributed by atoms with Gasteiger partial charge >= 0.3 is 0 Å². The molecule has 0 heterocycles. The summed E-state index contributed by atoms with van der Waals surface area (Å²) in [6.07, 6.45) is 12.0. The number of rotatable bonds is 6. The molecular formula is C33H37P. The Morgan fingerprint density at radius 1 is 0.794 bits per heavy atom. The largest absolute Gasteiger partial charge is 0.0850 e. The topological polar surface area (TPSA) is 0 Å². The molecule has 0 radical (unpaired) electrons. The highest BCUT2D eigenvalue weighted by atomic mass is 31.2. The Morgan fingerprint density at radius 3 is 1.71 bits per heavy atom. The molecule has 0 N–H and O–H groups in total. The van der Waals surface area contributed by atoms with Crippen LogP contribution in [-0.2, 0) is 0 Å². The number of benzene rings is 3. The molecule has 0 fully saturated rings. The van der Waals surface area contributed by atoms with Crippen LogP contribution in [-0.4, -0.2) is 5.80 Å². The van der Waals surface area contributed by atoms with Crippen LogP contribution in [0, 0.1) is 11.3 Å². The van der Waals surface area contributed by atoms with E-state index in [0.29, 0.717) is 11.3 Å². The molecular weight excluding hydrogens is 427 g/mol. The Bertz CT molecular complexity index is 1120. The maximum absolute atomic E-state index is 2.50. The van der Waals surface area contributed by atoms with Crippen LogP contribution in [0.4, 0.5) is 0 Å². The van der Waals surface area contributed by atoms with E-state index < -0.39 is 6.89 Å². The summed E-state index contributed by atoms with van der Waals surface area (Å²) in [6, 6.07) is 33.1. The highest BCUT2D eigenvalue weighted by molar-refractivity contribution is 7.94. The molecule has 0 saturated carbocycles. The Balaban J connectivity index is 1.86. The van der Waals surface area contributed by atoms with Crippen molar-refractivity contribution in [2.45, 2.75) is 40.5 Å². The standard InChI is InChI=1S/C33H37P/c1-27(22-23-32-28(2)15-14-25-33(32,3)4)24-26-34(29-16-8-5-9-17-29,30-18-10-6-11-19-30)31-20-12-7-13-21-31/h5-13,15-24,26,32H,14,25H2,1-4H3/b23-22+,27-24-. The molecule has 1 aliphatic carbocycles. The molecule has 174 valence electrons. The van der Waals surface area contributed by atoms with Crippen molar-refractivity contribution in [3.05, 3.63) is 126 Å². The van der Waals surface area contributed by atoms with Gasteiger partial charge in [0.05, 0.1) is 0 Å². The third-order valence-corrected chi connectivity index (χ3v) is 11.1. The summed E-state index contributed by atoms with van der Waals surface area (Å²) in [4.78, 5) is 0. The summed E-state index contributed by atoms with van der Waals surface area (Å²) >= 11 is 0. The second-order valence-electron chi connectivity index (χ2n) is 10.1. The van der Waals surface area contributed by atoms with Crippen LogP contribution < -0.4 is 15.9 Å². The summed E-state index contributed by atoms with van der Waals surface area (Å²) in [5.41, 5.74) is 3.11. The molecule has 0 nitrogen and oxygen atoms in total. The predicted molar refractivity (Wildman–Crippen MR) is 154 cm³/mol. The predicted octanol–water partition coefficient (Wildman–Crippen LogP) is 7.67. The summed E-state index contributed by atoms with van der Waals surface area (Å²) in [5, 5.41) is 4.15. The molecule has 3 aromatic rings. The van der Waals surface area contributed by atoms with Gasteiger partial charge in [0.2, 0.25) is 0 Å². The zero-order valence-corrected chi connectivity index (χ0v) is 21.9. The van der Waals surface area contributed by atoms with Crippen LogP contribution in [0.3, 0.4) is 0 Å². The maximum Gasteiger partial charge on any atom is 0.00285 e. The van der Waals surface area contributed by atoms with Gasteiger partial charge in [-0.1, -0.05) is 146 Å². The molecule has 1 heteroatoms. The molecule has 0 aliphatic heterocycles. The molecule has 0 amide bonds. The second kappa shape index (κ2) is 10.6. The van der Waals surface area contributed by atoms with E-state index in [-0.39, 0.29) is 0 Å². The van der Waals surface area contributed by atoms with Crippen molar-refractivity contribution >= 4 is 28.6 Å². The summed E-state index contributed by atoms with van der Waals surface area (Å²) in [6.45, 7) is 7.38. The van der Waals surface area contributed by atoms with E-state index >= 15 is 0 Å². The lowest BCUT2D eigenvalue weighted by Gasteiger charge is -2.36. The molecule has 0 saturated heterocycles. The molecule has 1 aliphatic rings. The van der Waals surface area contributed by atoms with Gasteiger partial charge in [-0.15, -0.1) is 0 Å². The summed E-state index contributed by atoms with van der Waals surface area (Å²) in [5.74, 6) is 3.00. The minimum atomic E-state index is -1.95. The van der Waals surface area contributed by atoms with Crippen LogP contribution in [0.1, 0.15) is 40.5 Å². The quantitative estimate of drug-likeness (QED) is 0.199. The van der Waals surface area contributed by atoms with E-state index in [2.05, 4.69) is 149 Å². The van der Waals surface area contributed by atoms with E-state index in [1.54, 1.807) is 0 Å². The Kier molecular flexibility index (Phi) is 7.60. The molecule has 34 heavy (non-hydrogen) atoms. The smallest absolute Gasteiger partial charge is 0.00285 e. The Morgan fingerprint density at radius 2 is 1.26 bits per heavy atom. The van der Waals surface area contributed by atoms with Crippen LogP contribution in [0.15, 0.2) is 126 Å². The molecule has 0 aromatic heterocycles. The highest BCUT2D eigenvalue weighted by Crippen LogP contribution is 2.44. The van der Waals surface area contributed by atoms with Gasteiger partial charge in [0.25, 0.3) is 0 Å². The van der Waals surface area contributed by atoms with Crippen molar-refractivity contribution in [2.24, 2.45) is 11.3 Å². The van der Waals surface area contributed by atoms with Crippen molar-refractivity contribution in [1.29, 1.82) is 0 Å². The van der Waals surface area contributed by atoms with Gasteiger partial charge in [-0.2, -0.15) is 0 Å². The minimum Gasteiger partial charge on any atom is -0.0850 e. The van der Waals surface area contributed by atoms with Crippen LogP contribution in [0.5, 0.6) is 0 Å². The van der Waals surface area contributed by atoms with E-state index in [1.165, 1.54) is 39.9 Å². The third kappa shape index (κ3) is 5.13. The van der Waals surface area contributed by atoms with Crippen molar-refractivity contribution in [3.8, 4) is 0 Å². The summed E-state index contributed by atoms with van der Waals surface area (Å²) < 4.78 is 0. The minimum absolute atomic E-state index is 0.314. The van der Waals surface area contributed by atoms with Gasteiger partial charge in [0.1, 0.15) is 0 Å². The third-order valence-electron chi connectivity index (χ3n) is 7.19. The zero-order chi connectivity index (χ0) is 24.0. The van der Waals surface area contributed by atoms with Crippen molar-refractivity contribution in [1.82, 2.24) is 0 Å². The number of hydrogen-bond donors (Lipinski definition) is 0. The van der Waals surface area contributed by atoms with E-state index in [1.807, 2.05) is 0 Å². The fourth-order valence-electron chi connectivity index (χ4n) is 5.21. The molecule has 3 aromatic carbocycles. The lowest BCUT2D eigenvalue weighted by molar-refractivity contribution is 0.255. The van der Waals surface area contributed by atoms with Crippen LogP contribution >= 0.6 is 6.89 Å². The first-order valence-electron chi connectivity index (χ1n) is 12.4. The van der Waals surface area contributed by atoms with Gasteiger partial charge < -0.3 is 0 Å². The van der Waals surface area contributed by atoms with Gasteiger partial charge in [0, 0.05) is 5.92 Å². The van der Waals surface area contributed by atoms with Crippen LogP contribution in [0.2, 0.25) is 0 Å². The average molecular weight is 465 g/mol. The number of hydrogen-bond acceptors (Lipinski definition) is 0. The van der Waals surface area contributed by atoms with Gasteiger partial charge in [-0.3, -0.25) is 0 Å². The van der Waals surface area contributed by atoms with Crippen molar-refractivity contribution in [3.63, 3.8) is 0 Å². The second-order valence-corrected chi connectivity index (χ2v) is 13.4. The molecule has 0 bridgehead atoms. The monoisotopic (exact) mass is 464 g/mol. The van der Waals surface area contributed by atoms with E-state index in [0.717, 1.165) is 0 Å². The first-order chi connectivity index (χ1) is 16.4. The lowest BCUT2D eigenvalue weighted by atomic mass is 9.68. The van der Waals surface area contributed by atoms with Crippen molar-refractivity contribution in [2.75, 3.05) is 0 Å². The maximum atomic E-state index is 2.50. The fourth-order valence-corrected chi connectivity index (χ4v) is 9.01. The molecule has 1 atom stereocenters. The molecule has 1 unspecified atom stereocenters. The van der Waals surface area contributed by atoms with E-state index in [9.17, 15) is 0 Å². The Hall–Kier alpha value is -2.82. The van der Waals surface area contributed by atoms with Crippen molar-refractivity contribution < 1.29 is 0 Å². The fraction of sp³-hybridized carbons (Fsp3) is 0.242. The SMILES string of the molecule is CC1=CCCC(C)(C)C1/C=C/C(C)=C\C=P(c1ccccc1)(c1ccccc1)c1ccccc1. The van der Waals surface area contributed by atoms with E-state index in [4.69, 9.17) is 0 Å². The van der Waals surface area contributed by atoms with Gasteiger partial charge in [-0.05, 0) is 54.9 Å². The number of allylic oxidation sites excluding steroid dienone is 6. The zero-order valence-electron chi connectivity index (χ0n) is 21.0. The molecule has 0 spiro atoms. The molecule has 4 rings (SSSR count). The van der Waals surface area contributed by atoms with Gasteiger partial charge in [0.15, 0.2) is 0 Å².